The summed E-state index contributed by atoms with van der Waals surface area (Å²) in [5.41, 5.74) is 2.68. The standard InChI is InChI=1S/C31H31ClN2O6/c1-5-20(3)22-9-11-24(12-10-22)39-13-14-40-28-26(32)17-21(18-27(28)38-4)16-25-29(35)33-31(37)34(30(25)36)23-8-6-7-19(2)15-23/h6-12,15-18,20H,5,13-14H2,1-4H3,(H,33,35,37)/b25-16+. The molecule has 0 bridgehead atoms. The second-order valence-corrected chi connectivity index (χ2v) is 9.81. The van der Waals surface area contributed by atoms with E-state index in [1.807, 2.05) is 25.1 Å². The first-order chi connectivity index (χ1) is 19.2. The van der Waals surface area contributed by atoms with E-state index in [0.717, 1.165) is 22.6 Å². The van der Waals surface area contributed by atoms with Crippen molar-refractivity contribution in [1.82, 2.24) is 5.32 Å². The van der Waals surface area contributed by atoms with Crippen molar-refractivity contribution in [1.29, 1.82) is 0 Å². The van der Waals surface area contributed by atoms with Gasteiger partial charge in [-0.3, -0.25) is 14.9 Å². The maximum Gasteiger partial charge on any atom is 0.335 e. The lowest BCUT2D eigenvalue weighted by Crippen LogP contribution is -2.54. The number of nitrogens with one attached hydrogen (secondary N) is 1. The van der Waals surface area contributed by atoms with E-state index in [0.29, 0.717) is 28.7 Å². The molecule has 0 spiro atoms. The second-order valence-electron chi connectivity index (χ2n) is 9.41. The SMILES string of the molecule is CCC(C)c1ccc(OCCOc2c(Cl)cc(/C=C3\C(=O)NC(=O)N(c4cccc(C)c4)C3=O)cc2OC)cc1. The van der Waals surface area contributed by atoms with Crippen LogP contribution in [0.4, 0.5) is 10.5 Å². The molecule has 0 radical (unpaired) electrons. The average molecular weight is 563 g/mol. The molecule has 0 aliphatic carbocycles. The van der Waals surface area contributed by atoms with Gasteiger partial charge in [-0.1, -0.05) is 49.7 Å². The smallest absolute Gasteiger partial charge is 0.335 e. The number of benzene rings is 3. The molecule has 1 saturated heterocycles. The number of amides is 4. The average Bonchev–Trinajstić information content (AvgIpc) is 2.93. The Morgan fingerprint density at radius 2 is 1.73 bits per heavy atom. The van der Waals surface area contributed by atoms with Gasteiger partial charge in [0.25, 0.3) is 11.8 Å². The van der Waals surface area contributed by atoms with Crippen LogP contribution in [0.3, 0.4) is 0 Å². The predicted molar refractivity (Wildman–Crippen MR) is 154 cm³/mol. The minimum absolute atomic E-state index is 0.206. The van der Waals surface area contributed by atoms with E-state index in [4.69, 9.17) is 25.8 Å². The van der Waals surface area contributed by atoms with Gasteiger partial charge < -0.3 is 14.2 Å². The van der Waals surface area contributed by atoms with Gasteiger partial charge in [0.2, 0.25) is 0 Å². The van der Waals surface area contributed by atoms with Gasteiger partial charge in [-0.15, -0.1) is 0 Å². The van der Waals surface area contributed by atoms with Gasteiger partial charge in [-0.25, -0.2) is 9.69 Å². The van der Waals surface area contributed by atoms with Crippen LogP contribution in [0, 0.1) is 6.92 Å². The van der Waals surface area contributed by atoms with Crippen LogP contribution in [-0.2, 0) is 9.59 Å². The number of halogens is 1. The number of aryl methyl sites for hydroxylation is 1. The molecule has 40 heavy (non-hydrogen) atoms. The third-order valence-corrected chi connectivity index (χ3v) is 6.87. The van der Waals surface area contributed by atoms with Crippen LogP contribution in [-0.4, -0.2) is 38.2 Å². The second kappa shape index (κ2) is 12.7. The molecule has 9 heteroatoms. The van der Waals surface area contributed by atoms with Crippen molar-refractivity contribution >= 4 is 41.2 Å². The number of anilines is 1. The summed E-state index contributed by atoms with van der Waals surface area (Å²) in [5, 5.41) is 2.44. The molecule has 0 aromatic heterocycles. The van der Waals surface area contributed by atoms with Crippen molar-refractivity contribution in [3.05, 3.63) is 87.9 Å². The molecule has 1 heterocycles. The van der Waals surface area contributed by atoms with E-state index in [9.17, 15) is 14.4 Å². The number of hydrogen-bond donors (Lipinski definition) is 1. The molecule has 8 nitrogen and oxygen atoms in total. The fourth-order valence-corrected chi connectivity index (χ4v) is 4.49. The van der Waals surface area contributed by atoms with E-state index in [-0.39, 0.29) is 23.8 Å². The molecule has 1 aliphatic rings. The lowest BCUT2D eigenvalue weighted by molar-refractivity contribution is -0.122. The van der Waals surface area contributed by atoms with Gasteiger partial charge in [-0.2, -0.15) is 0 Å². The zero-order valence-corrected chi connectivity index (χ0v) is 23.6. The van der Waals surface area contributed by atoms with Crippen LogP contribution >= 0.6 is 11.6 Å². The molecule has 0 saturated carbocycles. The number of rotatable bonds is 10. The van der Waals surface area contributed by atoms with E-state index < -0.39 is 17.8 Å². The van der Waals surface area contributed by atoms with Gasteiger partial charge in [0.1, 0.15) is 24.5 Å². The minimum atomic E-state index is -0.814. The molecule has 4 rings (SSSR count). The Labute approximate surface area is 238 Å². The van der Waals surface area contributed by atoms with Crippen LogP contribution in [0.1, 0.15) is 42.9 Å². The highest BCUT2D eigenvalue weighted by Gasteiger charge is 2.37. The predicted octanol–water partition coefficient (Wildman–Crippen LogP) is 6.29. The number of carbonyl (C=O) groups is 3. The number of urea groups is 1. The molecular formula is C31H31ClN2O6. The van der Waals surface area contributed by atoms with Crippen LogP contribution in [0.15, 0.2) is 66.2 Å². The normalized spacial score (nSPS) is 15.2. The number of hydrogen-bond acceptors (Lipinski definition) is 6. The highest BCUT2D eigenvalue weighted by molar-refractivity contribution is 6.39. The summed E-state index contributed by atoms with van der Waals surface area (Å²) in [6.07, 6.45) is 2.43. The first-order valence-electron chi connectivity index (χ1n) is 12.9. The van der Waals surface area contributed by atoms with Gasteiger partial charge in [-0.05, 0) is 78.4 Å². The molecular weight excluding hydrogens is 532 g/mol. The van der Waals surface area contributed by atoms with E-state index in [1.54, 1.807) is 30.3 Å². The summed E-state index contributed by atoms with van der Waals surface area (Å²) in [6.45, 7) is 6.67. The topological polar surface area (TPSA) is 94.2 Å². The minimum Gasteiger partial charge on any atom is -0.493 e. The van der Waals surface area contributed by atoms with Gasteiger partial charge in [0.05, 0.1) is 17.8 Å². The maximum absolute atomic E-state index is 13.2. The first-order valence-corrected chi connectivity index (χ1v) is 13.3. The lowest BCUT2D eigenvalue weighted by atomic mass is 9.99. The van der Waals surface area contributed by atoms with Crippen molar-refractivity contribution in [2.45, 2.75) is 33.1 Å². The van der Waals surface area contributed by atoms with E-state index in [2.05, 4.69) is 31.3 Å². The van der Waals surface area contributed by atoms with Crippen LogP contribution in [0.5, 0.6) is 17.2 Å². The molecule has 4 amide bonds. The highest BCUT2D eigenvalue weighted by Crippen LogP contribution is 2.37. The zero-order chi connectivity index (χ0) is 28.8. The maximum atomic E-state index is 13.2. The fraction of sp³-hybridized carbons (Fsp3) is 0.258. The molecule has 1 N–H and O–H groups in total. The number of barbiturate groups is 1. The summed E-state index contributed by atoms with van der Waals surface area (Å²) >= 11 is 6.50. The summed E-state index contributed by atoms with van der Waals surface area (Å²) in [4.78, 5) is 39.2. The number of methoxy groups -OCH3 is 1. The monoisotopic (exact) mass is 562 g/mol. The third-order valence-electron chi connectivity index (χ3n) is 6.58. The highest BCUT2D eigenvalue weighted by atomic mass is 35.5. The Hall–Kier alpha value is -4.30. The van der Waals surface area contributed by atoms with Gasteiger partial charge in [0, 0.05) is 0 Å². The Bertz CT molecular complexity index is 1450. The van der Waals surface area contributed by atoms with Crippen molar-refractivity contribution in [2.24, 2.45) is 0 Å². The van der Waals surface area contributed by atoms with Crippen molar-refractivity contribution in [3.8, 4) is 17.2 Å². The Kier molecular flexibility index (Phi) is 9.11. The van der Waals surface area contributed by atoms with E-state index >= 15 is 0 Å². The molecule has 3 aromatic rings. The van der Waals surface area contributed by atoms with Crippen molar-refractivity contribution < 1.29 is 28.6 Å². The zero-order valence-electron chi connectivity index (χ0n) is 22.8. The van der Waals surface area contributed by atoms with Crippen molar-refractivity contribution in [3.63, 3.8) is 0 Å². The molecule has 208 valence electrons. The lowest BCUT2D eigenvalue weighted by Gasteiger charge is -2.26. The van der Waals surface area contributed by atoms with Crippen LogP contribution in [0.25, 0.3) is 6.08 Å². The Morgan fingerprint density at radius 1 is 1.00 bits per heavy atom. The number of ether oxygens (including phenoxy) is 3. The molecule has 1 unspecified atom stereocenters. The summed E-state index contributed by atoms with van der Waals surface area (Å²) in [7, 11) is 1.46. The summed E-state index contributed by atoms with van der Waals surface area (Å²) in [5.74, 6) is 0.299. The van der Waals surface area contributed by atoms with Crippen molar-refractivity contribution in [2.75, 3.05) is 25.2 Å². The third kappa shape index (κ3) is 6.46. The van der Waals surface area contributed by atoms with Gasteiger partial charge >= 0.3 is 6.03 Å². The Balaban J connectivity index is 1.47. The van der Waals surface area contributed by atoms with Gasteiger partial charge in [0.15, 0.2) is 11.5 Å². The van der Waals surface area contributed by atoms with E-state index in [1.165, 1.54) is 18.7 Å². The molecule has 3 aromatic carbocycles. The Morgan fingerprint density at radius 3 is 2.40 bits per heavy atom. The molecule has 1 fully saturated rings. The van der Waals surface area contributed by atoms with Crippen LogP contribution < -0.4 is 24.4 Å². The number of carbonyl (C=O) groups excluding carboxylic acids is 3. The first kappa shape index (κ1) is 28.7. The summed E-state index contributed by atoms with van der Waals surface area (Å²) < 4.78 is 17.1. The quantitative estimate of drug-likeness (QED) is 0.177. The number of imide groups is 2. The fourth-order valence-electron chi connectivity index (χ4n) is 4.22. The molecule has 1 aliphatic heterocycles. The largest absolute Gasteiger partial charge is 0.493 e. The van der Waals surface area contributed by atoms with Crippen LogP contribution in [0.2, 0.25) is 5.02 Å². The number of nitrogens with zero attached hydrogens (tertiary/aromatic N) is 1. The summed E-state index contributed by atoms with van der Waals surface area (Å²) in [6, 6.07) is 17.2. The molecule has 1 atom stereocenters.